The predicted octanol–water partition coefficient (Wildman–Crippen LogP) is 4.17. The molecular formula is C20H18N4O2. The number of aryl methyl sites for hydroxylation is 3. The van der Waals surface area contributed by atoms with E-state index in [9.17, 15) is 4.79 Å². The summed E-state index contributed by atoms with van der Waals surface area (Å²) in [6, 6.07) is 11.7. The molecule has 26 heavy (non-hydrogen) atoms. The van der Waals surface area contributed by atoms with Crippen molar-refractivity contribution in [3.05, 3.63) is 71.4 Å². The first-order chi connectivity index (χ1) is 12.5. The molecule has 0 bridgehead atoms. The SMILES string of the molecule is Cc1ccn2cc(-c3cccc(NC(=O)c4c(C)noc4C)c3)nc2c1. The van der Waals surface area contributed by atoms with Crippen molar-refractivity contribution in [2.75, 3.05) is 5.32 Å². The number of nitrogens with zero attached hydrogens (tertiary/aromatic N) is 3. The molecule has 4 rings (SSSR count). The first kappa shape index (κ1) is 16.1. The van der Waals surface area contributed by atoms with Crippen LogP contribution >= 0.6 is 0 Å². The summed E-state index contributed by atoms with van der Waals surface area (Å²) in [6.07, 6.45) is 3.97. The summed E-state index contributed by atoms with van der Waals surface area (Å²) in [5.41, 5.74) is 5.58. The van der Waals surface area contributed by atoms with Gasteiger partial charge in [-0.2, -0.15) is 0 Å². The molecular weight excluding hydrogens is 328 g/mol. The second-order valence-corrected chi connectivity index (χ2v) is 6.33. The van der Waals surface area contributed by atoms with Crippen molar-refractivity contribution in [2.24, 2.45) is 0 Å². The number of carbonyl (C=O) groups excluding carboxylic acids is 1. The standard InChI is InChI=1S/C20H18N4O2/c1-12-7-8-24-11-17(22-18(24)9-12)15-5-4-6-16(10-15)21-20(25)19-13(2)23-26-14(19)3/h4-11H,1-3H3,(H,21,25). The van der Waals surface area contributed by atoms with Crippen LogP contribution in [0.1, 0.15) is 27.4 Å². The summed E-state index contributed by atoms with van der Waals surface area (Å²) in [6.45, 7) is 5.52. The summed E-state index contributed by atoms with van der Waals surface area (Å²) < 4.78 is 7.05. The van der Waals surface area contributed by atoms with E-state index in [0.29, 0.717) is 22.7 Å². The molecule has 0 spiro atoms. The Hall–Kier alpha value is -3.41. The van der Waals surface area contributed by atoms with Crippen molar-refractivity contribution >= 4 is 17.2 Å². The number of imidazole rings is 1. The Morgan fingerprint density at radius 1 is 1.15 bits per heavy atom. The van der Waals surface area contributed by atoms with Crippen LogP contribution in [0.4, 0.5) is 5.69 Å². The molecule has 0 saturated carbocycles. The fraction of sp³-hybridized carbons (Fsp3) is 0.150. The zero-order valence-electron chi connectivity index (χ0n) is 14.8. The summed E-state index contributed by atoms with van der Waals surface area (Å²) >= 11 is 0. The van der Waals surface area contributed by atoms with Gasteiger partial charge in [0.15, 0.2) is 0 Å². The number of hydrogen-bond acceptors (Lipinski definition) is 4. The van der Waals surface area contributed by atoms with Crippen molar-refractivity contribution < 1.29 is 9.32 Å². The van der Waals surface area contributed by atoms with Crippen molar-refractivity contribution in [1.29, 1.82) is 0 Å². The van der Waals surface area contributed by atoms with E-state index < -0.39 is 0 Å². The number of carbonyl (C=O) groups is 1. The molecule has 0 aliphatic rings. The topological polar surface area (TPSA) is 72.4 Å². The van der Waals surface area contributed by atoms with E-state index in [4.69, 9.17) is 4.52 Å². The van der Waals surface area contributed by atoms with Crippen molar-refractivity contribution in [3.63, 3.8) is 0 Å². The van der Waals surface area contributed by atoms with Crippen LogP contribution in [-0.4, -0.2) is 20.4 Å². The molecule has 0 aliphatic heterocycles. The van der Waals surface area contributed by atoms with E-state index in [-0.39, 0.29) is 5.91 Å². The average molecular weight is 346 g/mol. The van der Waals surface area contributed by atoms with Gasteiger partial charge in [-0.05, 0) is 50.6 Å². The van der Waals surface area contributed by atoms with Gasteiger partial charge < -0.3 is 14.2 Å². The van der Waals surface area contributed by atoms with Crippen molar-refractivity contribution in [2.45, 2.75) is 20.8 Å². The number of pyridine rings is 1. The lowest BCUT2D eigenvalue weighted by Crippen LogP contribution is -2.13. The summed E-state index contributed by atoms with van der Waals surface area (Å²) in [7, 11) is 0. The second-order valence-electron chi connectivity index (χ2n) is 6.33. The Morgan fingerprint density at radius 3 is 2.77 bits per heavy atom. The number of anilines is 1. The minimum Gasteiger partial charge on any atom is -0.361 e. The fourth-order valence-electron chi connectivity index (χ4n) is 2.98. The van der Waals surface area contributed by atoms with Gasteiger partial charge in [0.25, 0.3) is 5.91 Å². The van der Waals surface area contributed by atoms with Gasteiger partial charge in [0.2, 0.25) is 0 Å². The van der Waals surface area contributed by atoms with Gasteiger partial charge in [-0.3, -0.25) is 4.79 Å². The van der Waals surface area contributed by atoms with E-state index in [1.54, 1.807) is 13.8 Å². The highest BCUT2D eigenvalue weighted by atomic mass is 16.5. The summed E-state index contributed by atoms with van der Waals surface area (Å²) in [5.74, 6) is 0.274. The highest BCUT2D eigenvalue weighted by Crippen LogP contribution is 2.24. The van der Waals surface area contributed by atoms with Gasteiger partial charge in [-0.1, -0.05) is 17.3 Å². The van der Waals surface area contributed by atoms with Crippen LogP contribution in [0.3, 0.4) is 0 Å². The van der Waals surface area contributed by atoms with Crippen LogP contribution in [0.5, 0.6) is 0 Å². The third-order valence-corrected chi connectivity index (χ3v) is 4.29. The van der Waals surface area contributed by atoms with Crippen LogP contribution < -0.4 is 5.32 Å². The van der Waals surface area contributed by atoms with Gasteiger partial charge in [0.1, 0.15) is 17.0 Å². The number of amides is 1. The molecule has 0 radical (unpaired) electrons. The van der Waals surface area contributed by atoms with Gasteiger partial charge >= 0.3 is 0 Å². The Kier molecular flexibility index (Phi) is 3.80. The quantitative estimate of drug-likeness (QED) is 0.604. The molecule has 3 heterocycles. The van der Waals surface area contributed by atoms with Gasteiger partial charge in [-0.25, -0.2) is 4.98 Å². The number of rotatable bonds is 3. The van der Waals surface area contributed by atoms with E-state index in [0.717, 1.165) is 22.5 Å². The second kappa shape index (κ2) is 6.15. The molecule has 0 unspecified atom stereocenters. The number of hydrogen-bond donors (Lipinski definition) is 1. The average Bonchev–Trinajstić information content (AvgIpc) is 3.17. The molecule has 0 atom stereocenters. The maximum Gasteiger partial charge on any atom is 0.261 e. The minimum absolute atomic E-state index is 0.232. The largest absolute Gasteiger partial charge is 0.361 e. The number of fused-ring (bicyclic) bond motifs is 1. The summed E-state index contributed by atoms with van der Waals surface area (Å²) in [5, 5.41) is 6.73. The number of benzene rings is 1. The third kappa shape index (κ3) is 2.86. The van der Waals surface area contributed by atoms with Crippen molar-refractivity contribution in [3.8, 4) is 11.3 Å². The zero-order valence-corrected chi connectivity index (χ0v) is 14.8. The highest BCUT2D eigenvalue weighted by Gasteiger charge is 2.17. The van der Waals surface area contributed by atoms with Crippen LogP contribution in [0.2, 0.25) is 0 Å². The van der Waals surface area contributed by atoms with Crippen LogP contribution in [0.15, 0.2) is 53.3 Å². The molecule has 130 valence electrons. The first-order valence-electron chi connectivity index (χ1n) is 8.31. The lowest BCUT2D eigenvalue weighted by Gasteiger charge is -2.06. The van der Waals surface area contributed by atoms with Crippen LogP contribution in [0.25, 0.3) is 16.9 Å². The predicted molar refractivity (Wildman–Crippen MR) is 99.3 cm³/mol. The summed E-state index contributed by atoms with van der Waals surface area (Å²) in [4.78, 5) is 17.2. The fourth-order valence-corrected chi connectivity index (χ4v) is 2.98. The van der Waals surface area contributed by atoms with E-state index in [1.807, 2.05) is 60.1 Å². The smallest absolute Gasteiger partial charge is 0.261 e. The molecule has 1 aromatic carbocycles. The molecule has 6 nitrogen and oxygen atoms in total. The zero-order chi connectivity index (χ0) is 18.3. The normalized spacial score (nSPS) is 11.0. The van der Waals surface area contributed by atoms with E-state index in [2.05, 4.69) is 15.5 Å². The van der Waals surface area contributed by atoms with Gasteiger partial charge in [-0.15, -0.1) is 0 Å². The minimum atomic E-state index is -0.232. The maximum atomic E-state index is 12.5. The highest BCUT2D eigenvalue weighted by molar-refractivity contribution is 6.05. The molecule has 1 amide bonds. The number of nitrogens with one attached hydrogen (secondary N) is 1. The molecule has 4 aromatic rings. The van der Waals surface area contributed by atoms with Gasteiger partial charge in [0.05, 0.1) is 11.4 Å². The van der Waals surface area contributed by atoms with E-state index >= 15 is 0 Å². The Labute approximate surface area is 150 Å². The van der Waals surface area contributed by atoms with Crippen LogP contribution in [-0.2, 0) is 0 Å². The third-order valence-electron chi connectivity index (χ3n) is 4.29. The maximum absolute atomic E-state index is 12.5. The Balaban J connectivity index is 1.65. The lowest BCUT2D eigenvalue weighted by molar-refractivity contribution is 0.102. The van der Waals surface area contributed by atoms with Gasteiger partial charge in [0, 0.05) is 23.6 Å². The van der Waals surface area contributed by atoms with E-state index in [1.165, 1.54) is 0 Å². The van der Waals surface area contributed by atoms with Crippen molar-refractivity contribution in [1.82, 2.24) is 14.5 Å². The molecule has 0 fully saturated rings. The molecule has 6 heteroatoms. The first-order valence-corrected chi connectivity index (χ1v) is 8.31. The molecule has 3 aromatic heterocycles. The number of aromatic nitrogens is 3. The molecule has 0 saturated heterocycles. The Bertz CT molecular complexity index is 1100. The lowest BCUT2D eigenvalue weighted by atomic mass is 10.1. The monoisotopic (exact) mass is 346 g/mol. The Morgan fingerprint density at radius 2 is 2.00 bits per heavy atom. The molecule has 1 N–H and O–H groups in total. The molecule has 0 aliphatic carbocycles. The van der Waals surface area contributed by atoms with Crippen LogP contribution in [0, 0.1) is 20.8 Å².